The zero-order valence-electron chi connectivity index (χ0n) is 24.0. The maximum absolute atomic E-state index is 13.2. The quantitative estimate of drug-likeness (QED) is 0.341. The van der Waals surface area contributed by atoms with Crippen molar-refractivity contribution in [3.8, 4) is 16.9 Å². The van der Waals surface area contributed by atoms with Gasteiger partial charge in [0.2, 0.25) is 11.9 Å². The van der Waals surface area contributed by atoms with Crippen LogP contribution in [-0.2, 0) is 24.8 Å². The molecule has 2 aromatic heterocycles. The molecule has 1 unspecified atom stereocenters. The van der Waals surface area contributed by atoms with Gasteiger partial charge < -0.3 is 19.6 Å². The number of aliphatic hydroxyl groups is 1. The monoisotopic (exact) mass is 580 g/mol. The number of fused-ring (bicyclic) bond motifs is 1. The van der Waals surface area contributed by atoms with Gasteiger partial charge in [0.25, 0.3) is 5.56 Å². The molecular formula is C30H34F2N6O4. The fraction of sp³-hybridized carbons (Fsp3) is 0.400. The molecule has 0 aliphatic carbocycles. The predicted octanol–water partition coefficient (Wildman–Crippen LogP) is 3.43. The number of benzene rings is 2. The van der Waals surface area contributed by atoms with Gasteiger partial charge in [0.05, 0.1) is 23.6 Å². The molecule has 3 heterocycles. The SMILES string of the molecule is CC(=O)N1CCN(c2ncc(-c3ccc4c(=O)n(C)n(Cc5cc(CC(C)O)ccc5OC(F)F)c4c3)cn2)C[C@H]1C. The molecule has 1 N–H and O–H groups in total. The summed E-state index contributed by atoms with van der Waals surface area (Å²) in [6.07, 6.45) is 3.19. The molecule has 1 aliphatic heterocycles. The lowest BCUT2D eigenvalue weighted by Gasteiger charge is -2.39. The smallest absolute Gasteiger partial charge is 0.387 e. The van der Waals surface area contributed by atoms with Gasteiger partial charge in [-0.2, -0.15) is 8.78 Å². The van der Waals surface area contributed by atoms with Gasteiger partial charge in [0, 0.05) is 63.2 Å². The maximum Gasteiger partial charge on any atom is 0.387 e. The van der Waals surface area contributed by atoms with E-state index in [0.717, 1.165) is 16.7 Å². The molecule has 1 saturated heterocycles. The van der Waals surface area contributed by atoms with Crippen LogP contribution in [0.4, 0.5) is 14.7 Å². The van der Waals surface area contributed by atoms with Crippen LogP contribution in [0.3, 0.4) is 0 Å². The van der Waals surface area contributed by atoms with E-state index < -0.39 is 12.7 Å². The van der Waals surface area contributed by atoms with Crippen LogP contribution in [0, 0.1) is 0 Å². The Labute approximate surface area is 241 Å². The molecule has 1 amide bonds. The van der Waals surface area contributed by atoms with Gasteiger partial charge in [0.15, 0.2) is 0 Å². The van der Waals surface area contributed by atoms with E-state index in [1.165, 1.54) is 10.7 Å². The van der Waals surface area contributed by atoms with E-state index >= 15 is 0 Å². The predicted molar refractivity (Wildman–Crippen MR) is 155 cm³/mol. The average Bonchev–Trinajstić information content (AvgIpc) is 3.18. The van der Waals surface area contributed by atoms with Crippen molar-refractivity contribution in [2.45, 2.75) is 52.5 Å². The molecule has 42 heavy (non-hydrogen) atoms. The number of anilines is 1. The van der Waals surface area contributed by atoms with Crippen LogP contribution in [0.5, 0.6) is 5.75 Å². The number of amides is 1. The highest BCUT2D eigenvalue weighted by atomic mass is 19.3. The molecule has 0 radical (unpaired) electrons. The Morgan fingerprint density at radius 1 is 1.12 bits per heavy atom. The molecule has 4 aromatic rings. The molecule has 222 valence electrons. The molecule has 12 heteroatoms. The van der Waals surface area contributed by atoms with Crippen molar-refractivity contribution in [2.24, 2.45) is 7.05 Å². The second kappa shape index (κ2) is 11.9. The van der Waals surface area contributed by atoms with E-state index in [0.29, 0.717) is 48.5 Å². The number of piperazine rings is 1. The number of hydrogen-bond donors (Lipinski definition) is 1. The molecular weight excluding hydrogens is 546 g/mol. The van der Waals surface area contributed by atoms with E-state index in [1.807, 2.05) is 24.0 Å². The van der Waals surface area contributed by atoms with Gasteiger partial charge in [-0.05, 0) is 49.6 Å². The minimum Gasteiger partial charge on any atom is -0.434 e. The van der Waals surface area contributed by atoms with Gasteiger partial charge in [-0.25, -0.2) is 9.97 Å². The van der Waals surface area contributed by atoms with Gasteiger partial charge in [-0.15, -0.1) is 0 Å². The third-order valence-electron chi connectivity index (χ3n) is 7.64. The fourth-order valence-electron chi connectivity index (χ4n) is 5.58. The van der Waals surface area contributed by atoms with E-state index in [4.69, 9.17) is 4.74 Å². The van der Waals surface area contributed by atoms with Gasteiger partial charge in [-0.1, -0.05) is 18.2 Å². The number of aromatic nitrogens is 4. The molecule has 0 saturated carbocycles. The summed E-state index contributed by atoms with van der Waals surface area (Å²) < 4.78 is 34.3. The lowest BCUT2D eigenvalue weighted by Crippen LogP contribution is -2.53. The normalized spacial score (nSPS) is 16.3. The Bertz CT molecular complexity index is 1650. The number of carbonyl (C=O) groups is 1. The minimum atomic E-state index is -3.01. The number of alkyl halides is 2. The van der Waals surface area contributed by atoms with Crippen molar-refractivity contribution in [1.29, 1.82) is 0 Å². The highest BCUT2D eigenvalue weighted by Crippen LogP contribution is 2.28. The highest BCUT2D eigenvalue weighted by Gasteiger charge is 2.26. The lowest BCUT2D eigenvalue weighted by atomic mass is 10.0. The Hall–Kier alpha value is -4.32. The first kappa shape index (κ1) is 29.2. The summed E-state index contributed by atoms with van der Waals surface area (Å²) in [5.41, 5.74) is 3.14. The summed E-state index contributed by atoms with van der Waals surface area (Å²) in [7, 11) is 1.63. The Morgan fingerprint density at radius 2 is 1.86 bits per heavy atom. The molecule has 10 nitrogen and oxygen atoms in total. The molecule has 1 fully saturated rings. The third-order valence-corrected chi connectivity index (χ3v) is 7.64. The summed E-state index contributed by atoms with van der Waals surface area (Å²) in [6.45, 7) is 4.20. The number of ether oxygens (including phenoxy) is 1. The van der Waals surface area contributed by atoms with E-state index in [-0.39, 0.29) is 29.8 Å². The topological polar surface area (TPSA) is 106 Å². The van der Waals surface area contributed by atoms with Crippen molar-refractivity contribution < 1.29 is 23.4 Å². The van der Waals surface area contributed by atoms with Gasteiger partial charge >= 0.3 is 6.61 Å². The van der Waals surface area contributed by atoms with Crippen LogP contribution in [0.2, 0.25) is 0 Å². The summed E-state index contributed by atoms with van der Waals surface area (Å²) >= 11 is 0. The lowest BCUT2D eigenvalue weighted by molar-refractivity contribution is -0.131. The number of rotatable bonds is 8. The van der Waals surface area contributed by atoms with Gasteiger partial charge in [-0.3, -0.25) is 19.0 Å². The van der Waals surface area contributed by atoms with Gasteiger partial charge in [0.1, 0.15) is 5.75 Å². The van der Waals surface area contributed by atoms with Crippen molar-refractivity contribution >= 4 is 22.8 Å². The van der Waals surface area contributed by atoms with Crippen molar-refractivity contribution in [3.05, 3.63) is 70.3 Å². The molecule has 5 rings (SSSR count). The first-order chi connectivity index (χ1) is 20.0. The van der Waals surface area contributed by atoms with Crippen molar-refractivity contribution in [2.75, 3.05) is 24.5 Å². The number of hydrogen-bond acceptors (Lipinski definition) is 7. The molecule has 0 bridgehead atoms. The summed E-state index contributed by atoms with van der Waals surface area (Å²) in [6, 6.07) is 10.3. The Kier molecular flexibility index (Phi) is 8.26. The van der Waals surface area contributed by atoms with E-state index in [1.54, 1.807) is 56.2 Å². The minimum absolute atomic E-state index is 0.00670. The van der Waals surface area contributed by atoms with Crippen molar-refractivity contribution in [1.82, 2.24) is 24.2 Å². The standard InChI is InChI=1S/C30H34F2N6O4/c1-18-16-36(9-10-37(18)20(3)40)30-33-14-24(15-34-30)22-6-7-25-26(13-22)38(35(4)28(25)41)17-23-12-21(11-19(2)39)5-8-27(23)42-29(31)32/h5-8,12-15,18-19,29,39H,9-11,16-17H2,1-4H3/t18-,19?/m1/s1. The number of halogens is 2. The highest BCUT2D eigenvalue weighted by molar-refractivity contribution is 5.84. The van der Waals surface area contributed by atoms with Crippen LogP contribution in [0.15, 0.2) is 53.6 Å². The number of nitrogens with zero attached hydrogens (tertiary/aromatic N) is 6. The first-order valence-electron chi connectivity index (χ1n) is 13.8. The molecule has 1 aliphatic rings. The molecule has 0 spiro atoms. The summed E-state index contributed by atoms with van der Waals surface area (Å²) in [4.78, 5) is 37.9. The average molecular weight is 581 g/mol. The van der Waals surface area contributed by atoms with Crippen LogP contribution in [-0.4, -0.2) is 73.6 Å². The van der Waals surface area contributed by atoms with Crippen LogP contribution >= 0.6 is 0 Å². The zero-order valence-corrected chi connectivity index (χ0v) is 24.0. The maximum atomic E-state index is 13.2. The Balaban J connectivity index is 1.46. The van der Waals surface area contributed by atoms with Crippen LogP contribution in [0.1, 0.15) is 31.9 Å². The summed E-state index contributed by atoms with van der Waals surface area (Å²) in [5.74, 6) is 0.640. The number of carbonyl (C=O) groups excluding carboxylic acids is 1. The van der Waals surface area contributed by atoms with Crippen molar-refractivity contribution in [3.63, 3.8) is 0 Å². The Morgan fingerprint density at radius 3 is 2.50 bits per heavy atom. The van der Waals surface area contributed by atoms with Crippen LogP contribution in [0.25, 0.3) is 22.0 Å². The third kappa shape index (κ3) is 5.98. The van der Waals surface area contributed by atoms with E-state index in [2.05, 4.69) is 14.9 Å². The first-order valence-corrected chi connectivity index (χ1v) is 13.8. The largest absolute Gasteiger partial charge is 0.434 e. The summed E-state index contributed by atoms with van der Waals surface area (Å²) in [5, 5.41) is 10.3. The van der Waals surface area contributed by atoms with E-state index in [9.17, 15) is 23.5 Å². The second-order valence-electron chi connectivity index (χ2n) is 10.8. The molecule has 2 aromatic carbocycles. The van der Waals surface area contributed by atoms with Crippen LogP contribution < -0.4 is 15.2 Å². The fourth-order valence-corrected chi connectivity index (χ4v) is 5.58. The molecule has 2 atom stereocenters. The number of aliphatic hydroxyl groups excluding tert-OH is 1. The zero-order chi connectivity index (χ0) is 30.1. The second-order valence-corrected chi connectivity index (χ2v) is 10.8.